The molecule has 2 saturated carbocycles. The van der Waals surface area contributed by atoms with Gasteiger partial charge < -0.3 is 5.11 Å². The molecule has 0 radical (unpaired) electrons. The van der Waals surface area contributed by atoms with E-state index in [0.29, 0.717) is 12.8 Å². The van der Waals surface area contributed by atoms with Crippen LogP contribution in [0.5, 0.6) is 0 Å². The second kappa shape index (κ2) is 4.08. The standard InChI is InChI=1S/C14H19NO3/c1-13(2)8-14(5-6-15)10(7-12(17)18)9(13)3-4-11(14)16/h9-10H,3-5,7-8H2,1-2H3,(H,17,18)/t9-,10?,14-/m1/s1. The lowest BCUT2D eigenvalue weighted by Crippen LogP contribution is -2.41. The van der Waals surface area contributed by atoms with Crippen LogP contribution in [0.2, 0.25) is 0 Å². The molecule has 0 aromatic carbocycles. The van der Waals surface area contributed by atoms with Gasteiger partial charge in [0.25, 0.3) is 0 Å². The van der Waals surface area contributed by atoms with E-state index in [2.05, 4.69) is 19.9 Å². The van der Waals surface area contributed by atoms with Crippen LogP contribution in [-0.4, -0.2) is 16.9 Å². The van der Waals surface area contributed by atoms with Gasteiger partial charge in [-0.05, 0) is 30.1 Å². The molecule has 0 amide bonds. The minimum Gasteiger partial charge on any atom is -0.481 e. The molecule has 4 nitrogen and oxygen atoms in total. The first-order valence-corrected chi connectivity index (χ1v) is 6.45. The zero-order valence-electron chi connectivity index (χ0n) is 10.9. The number of nitriles is 1. The van der Waals surface area contributed by atoms with Gasteiger partial charge >= 0.3 is 5.97 Å². The molecule has 0 heterocycles. The lowest BCUT2D eigenvalue weighted by atomic mass is 9.63. The number of rotatable bonds is 3. The van der Waals surface area contributed by atoms with Crippen molar-refractivity contribution in [2.45, 2.75) is 46.0 Å². The van der Waals surface area contributed by atoms with Crippen LogP contribution in [0.1, 0.15) is 46.0 Å². The fourth-order valence-corrected chi connectivity index (χ4v) is 4.40. The molecule has 18 heavy (non-hydrogen) atoms. The Bertz CT molecular complexity index is 435. The van der Waals surface area contributed by atoms with Crippen molar-refractivity contribution in [2.24, 2.45) is 22.7 Å². The Kier molecular flexibility index (Phi) is 2.96. The fraction of sp³-hybridized carbons (Fsp3) is 0.786. The highest BCUT2D eigenvalue weighted by atomic mass is 16.4. The number of fused-ring (bicyclic) bond motifs is 2. The highest BCUT2D eigenvalue weighted by Gasteiger charge is 2.62. The largest absolute Gasteiger partial charge is 0.481 e. The molecular formula is C14H19NO3. The van der Waals surface area contributed by atoms with Crippen molar-refractivity contribution in [3.05, 3.63) is 0 Å². The van der Waals surface area contributed by atoms with Crippen molar-refractivity contribution in [3.63, 3.8) is 0 Å². The maximum Gasteiger partial charge on any atom is 0.303 e. The van der Waals surface area contributed by atoms with Gasteiger partial charge in [0.1, 0.15) is 5.78 Å². The Hall–Kier alpha value is -1.37. The molecule has 2 bridgehead atoms. The summed E-state index contributed by atoms with van der Waals surface area (Å²) in [4.78, 5) is 23.4. The average Bonchev–Trinajstić information content (AvgIpc) is 2.37. The molecule has 0 spiro atoms. The molecule has 98 valence electrons. The molecular weight excluding hydrogens is 230 g/mol. The molecule has 0 aromatic heterocycles. The van der Waals surface area contributed by atoms with Crippen LogP contribution in [0, 0.1) is 34.0 Å². The van der Waals surface area contributed by atoms with Gasteiger partial charge in [-0.2, -0.15) is 5.26 Å². The molecule has 4 heteroatoms. The minimum absolute atomic E-state index is 0.0154. The molecule has 2 aliphatic carbocycles. The van der Waals surface area contributed by atoms with Gasteiger partial charge in [-0.25, -0.2) is 0 Å². The average molecular weight is 249 g/mol. The minimum atomic E-state index is -0.861. The monoisotopic (exact) mass is 249 g/mol. The van der Waals surface area contributed by atoms with E-state index < -0.39 is 11.4 Å². The molecule has 3 atom stereocenters. The Morgan fingerprint density at radius 2 is 2.22 bits per heavy atom. The number of hydrogen-bond donors (Lipinski definition) is 1. The van der Waals surface area contributed by atoms with Crippen LogP contribution in [0.3, 0.4) is 0 Å². The van der Waals surface area contributed by atoms with Gasteiger partial charge in [0, 0.05) is 24.7 Å². The number of aliphatic carboxylic acids is 1. The van der Waals surface area contributed by atoms with E-state index in [4.69, 9.17) is 10.4 Å². The maximum atomic E-state index is 12.3. The Morgan fingerprint density at radius 3 is 2.78 bits per heavy atom. The first kappa shape index (κ1) is 13.1. The molecule has 1 N–H and O–H groups in total. The van der Waals surface area contributed by atoms with Crippen LogP contribution in [0.4, 0.5) is 0 Å². The van der Waals surface area contributed by atoms with E-state index in [-0.39, 0.29) is 35.9 Å². The third-order valence-corrected chi connectivity index (χ3v) is 5.00. The van der Waals surface area contributed by atoms with E-state index >= 15 is 0 Å². The van der Waals surface area contributed by atoms with E-state index in [1.165, 1.54) is 0 Å². The predicted octanol–water partition coefficient (Wildman–Crippen LogP) is 2.39. The number of nitrogens with zero attached hydrogens (tertiary/aromatic N) is 1. The molecule has 2 rings (SSSR count). The van der Waals surface area contributed by atoms with E-state index in [1.54, 1.807) is 0 Å². The lowest BCUT2D eigenvalue weighted by Gasteiger charge is -2.38. The van der Waals surface area contributed by atoms with Crippen molar-refractivity contribution < 1.29 is 14.7 Å². The summed E-state index contributed by atoms with van der Waals surface area (Å²) in [5.74, 6) is -0.664. The molecule has 0 aliphatic heterocycles. The van der Waals surface area contributed by atoms with E-state index in [0.717, 1.165) is 6.42 Å². The summed E-state index contributed by atoms with van der Waals surface area (Å²) in [6.07, 6.45) is 2.13. The number of hydrogen-bond acceptors (Lipinski definition) is 3. The van der Waals surface area contributed by atoms with Gasteiger partial charge in [-0.15, -0.1) is 0 Å². The highest BCUT2D eigenvalue weighted by Crippen LogP contribution is 2.64. The Labute approximate surface area is 107 Å². The van der Waals surface area contributed by atoms with Gasteiger partial charge in [0.15, 0.2) is 0 Å². The molecule has 0 saturated heterocycles. The van der Waals surface area contributed by atoms with Crippen molar-refractivity contribution >= 4 is 11.8 Å². The first-order valence-electron chi connectivity index (χ1n) is 6.45. The summed E-state index contributed by atoms with van der Waals surface area (Å²) < 4.78 is 0. The summed E-state index contributed by atoms with van der Waals surface area (Å²) in [7, 11) is 0. The van der Waals surface area contributed by atoms with Crippen molar-refractivity contribution in [2.75, 3.05) is 0 Å². The zero-order chi connectivity index (χ0) is 13.6. The van der Waals surface area contributed by atoms with Crippen LogP contribution < -0.4 is 0 Å². The number of carboxylic acid groups (broad SMARTS) is 1. The normalized spacial score (nSPS) is 37.3. The number of ketones is 1. The van der Waals surface area contributed by atoms with Gasteiger partial charge in [-0.3, -0.25) is 9.59 Å². The van der Waals surface area contributed by atoms with Gasteiger partial charge in [0.2, 0.25) is 0 Å². The van der Waals surface area contributed by atoms with E-state index in [1.807, 2.05) is 0 Å². The second-order valence-corrected chi connectivity index (χ2v) is 6.43. The summed E-state index contributed by atoms with van der Waals surface area (Å²) >= 11 is 0. The van der Waals surface area contributed by atoms with Gasteiger partial charge in [0.05, 0.1) is 6.07 Å². The van der Waals surface area contributed by atoms with Crippen LogP contribution >= 0.6 is 0 Å². The van der Waals surface area contributed by atoms with Crippen molar-refractivity contribution in [1.29, 1.82) is 5.26 Å². The second-order valence-electron chi connectivity index (χ2n) is 6.43. The molecule has 1 unspecified atom stereocenters. The van der Waals surface area contributed by atoms with Crippen molar-refractivity contribution in [3.8, 4) is 6.07 Å². The third-order valence-electron chi connectivity index (χ3n) is 5.00. The number of carbonyl (C=O) groups excluding carboxylic acids is 1. The SMILES string of the molecule is CC1(C)C[C@@]2(CC#N)C(=O)CC[C@@H]1C2CC(=O)O. The van der Waals surface area contributed by atoms with Crippen LogP contribution in [0.25, 0.3) is 0 Å². The Morgan fingerprint density at radius 1 is 1.56 bits per heavy atom. The molecule has 0 aromatic rings. The summed E-state index contributed by atoms with van der Waals surface area (Å²) in [5.41, 5.74) is -0.733. The third kappa shape index (κ3) is 1.73. The first-order chi connectivity index (χ1) is 8.33. The van der Waals surface area contributed by atoms with Gasteiger partial charge in [-0.1, -0.05) is 13.8 Å². The highest BCUT2D eigenvalue weighted by molar-refractivity contribution is 5.88. The van der Waals surface area contributed by atoms with Crippen molar-refractivity contribution in [1.82, 2.24) is 0 Å². The predicted molar refractivity (Wildman–Crippen MR) is 64.5 cm³/mol. The summed E-state index contributed by atoms with van der Waals surface area (Å²) in [5, 5.41) is 18.1. The fourth-order valence-electron chi connectivity index (χ4n) is 4.40. The van der Waals surface area contributed by atoms with E-state index in [9.17, 15) is 9.59 Å². The Balaban J connectivity index is 2.44. The zero-order valence-corrected chi connectivity index (χ0v) is 10.9. The smallest absolute Gasteiger partial charge is 0.303 e. The topological polar surface area (TPSA) is 78.2 Å². The van der Waals surface area contributed by atoms with Crippen LogP contribution in [-0.2, 0) is 9.59 Å². The number of carbonyl (C=O) groups is 2. The number of carboxylic acids is 1. The molecule has 2 aliphatic rings. The lowest BCUT2D eigenvalue weighted by molar-refractivity contribution is -0.143. The maximum absolute atomic E-state index is 12.3. The van der Waals surface area contributed by atoms with Crippen LogP contribution in [0.15, 0.2) is 0 Å². The quantitative estimate of drug-likeness (QED) is 0.833. The summed E-state index contributed by atoms with van der Waals surface area (Å²) in [6, 6.07) is 2.11. The molecule has 2 fully saturated rings. The number of Topliss-reactive ketones (excluding diaryl/α,β-unsaturated/α-hetero) is 1. The summed E-state index contributed by atoms with van der Waals surface area (Å²) in [6.45, 7) is 4.20.